The molecule has 20 heavy (non-hydrogen) atoms. The van der Waals surface area contributed by atoms with Crippen molar-refractivity contribution in [2.75, 3.05) is 0 Å². The summed E-state index contributed by atoms with van der Waals surface area (Å²) >= 11 is 3.41. The van der Waals surface area contributed by atoms with E-state index in [0.29, 0.717) is 11.3 Å². The van der Waals surface area contributed by atoms with Gasteiger partial charge in [-0.05, 0) is 65.5 Å². The van der Waals surface area contributed by atoms with Crippen LogP contribution in [0.25, 0.3) is 0 Å². The van der Waals surface area contributed by atoms with Crippen molar-refractivity contribution in [1.82, 2.24) is 0 Å². The summed E-state index contributed by atoms with van der Waals surface area (Å²) in [6.45, 7) is 6.09. The van der Waals surface area contributed by atoms with Gasteiger partial charge >= 0.3 is 0 Å². The van der Waals surface area contributed by atoms with Crippen LogP contribution in [0.1, 0.15) is 22.3 Å². The molecule has 0 bridgehead atoms. The Morgan fingerprint density at radius 3 is 2.40 bits per heavy atom. The molecule has 0 fully saturated rings. The van der Waals surface area contributed by atoms with E-state index in [0.717, 1.165) is 21.3 Å². The molecule has 4 heteroatoms. The number of nitrogens with two attached hydrogens (primary N) is 1. The van der Waals surface area contributed by atoms with Gasteiger partial charge in [0.25, 0.3) is 0 Å². The van der Waals surface area contributed by atoms with Crippen LogP contribution in [0.2, 0.25) is 0 Å². The number of ether oxygens (including phenoxy) is 1. The van der Waals surface area contributed by atoms with Gasteiger partial charge < -0.3 is 10.5 Å². The number of nitrogens with one attached hydrogen (secondary N) is 1. The predicted octanol–water partition coefficient (Wildman–Crippen LogP) is 4.45. The summed E-state index contributed by atoms with van der Waals surface area (Å²) in [4.78, 5) is 0. The smallest absolute Gasteiger partial charge is 0.139 e. The highest BCUT2D eigenvalue weighted by Gasteiger charge is 2.14. The number of hydrogen-bond acceptors (Lipinski definition) is 2. The number of halogens is 1. The molecular weight excluding hydrogens is 316 g/mol. The third-order valence-electron chi connectivity index (χ3n) is 3.33. The fourth-order valence-electron chi connectivity index (χ4n) is 2.04. The van der Waals surface area contributed by atoms with Crippen LogP contribution >= 0.6 is 15.9 Å². The molecule has 0 saturated heterocycles. The van der Waals surface area contributed by atoms with E-state index in [4.69, 9.17) is 15.9 Å². The number of rotatable bonds is 3. The van der Waals surface area contributed by atoms with Crippen molar-refractivity contribution in [2.24, 2.45) is 5.73 Å². The fourth-order valence-corrected chi connectivity index (χ4v) is 2.60. The van der Waals surface area contributed by atoms with Gasteiger partial charge in [-0.2, -0.15) is 0 Å². The van der Waals surface area contributed by atoms with Crippen LogP contribution in [0.3, 0.4) is 0 Å². The predicted molar refractivity (Wildman–Crippen MR) is 85.9 cm³/mol. The monoisotopic (exact) mass is 332 g/mol. The Kier molecular flexibility index (Phi) is 4.14. The van der Waals surface area contributed by atoms with Gasteiger partial charge in [0.2, 0.25) is 0 Å². The van der Waals surface area contributed by atoms with Gasteiger partial charge in [0.15, 0.2) is 0 Å². The zero-order valence-electron chi connectivity index (χ0n) is 11.8. The van der Waals surface area contributed by atoms with E-state index in [-0.39, 0.29) is 5.84 Å². The third-order valence-corrected chi connectivity index (χ3v) is 3.99. The second kappa shape index (κ2) is 5.67. The van der Waals surface area contributed by atoms with Gasteiger partial charge in [-0.15, -0.1) is 0 Å². The second-order valence-electron chi connectivity index (χ2n) is 4.78. The lowest BCUT2D eigenvalue weighted by atomic mass is 10.1. The van der Waals surface area contributed by atoms with Gasteiger partial charge in [-0.1, -0.05) is 18.2 Å². The van der Waals surface area contributed by atoms with E-state index in [9.17, 15) is 0 Å². The summed E-state index contributed by atoms with van der Waals surface area (Å²) in [5, 5.41) is 7.70. The molecule has 0 aliphatic rings. The minimum atomic E-state index is -0.0181. The van der Waals surface area contributed by atoms with Crippen LogP contribution in [0, 0.1) is 26.2 Å². The third kappa shape index (κ3) is 2.70. The van der Waals surface area contributed by atoms with Crippen LogP contribution in [-0.4, -0.2) is 5.84 Å². The van der Waals surface area contributed by atoms with E-state index in [1.54, 1.807) is 0 Å². The van der Waals surface area contributed by atoms with Crippen molar-refractivity contribution in [3.63, 3.8) is 0 Å². The van der Waals surface area contributed by atoms with Gasteiger partial charge in [0.05, 0.1) is 5.56 Å². The summed E-state index contributed by atoms with van der Waals surface area (Å²) in [6.07, 6.45) is 0. The topological polar surface area (TPSA) is 59.1 Å². The van der Waals surface area contributed by atoms with Gasteiger partial charge in [-0.25, -0.2) is 0 Å². The van der Waals surface area contributed by atoms with E-state index in [2.05, 4.69) is 28.9 Å². The van der Waals surface area contributed by atoms with Gasteiger partial charge in [0, 0.05) is 4.47 Å². The molecule has 0 saturated carbocycles. The maximum absolute atomic E-state index is 7.70. The standard InChI is InChI=1S/C16H17BrN2O/c1-9-7-8-10(2)15(11(9)3)20-13-6-4-5-12(17)14(13)16(18)19/h4-8H,1-3H3,(H3,18,19). The molecule has 0 heterocycles. The Hall–Kier alpha value is -1.81. The Morgan fingerprint density at radius 1 is 1.10 bits per heavy atom. The average Bonchev–Trinajstić information content (AvgIpc) is 2.39. The number of aryl methyl sites for hydroxylation is 2. The number of amidine groups is 1. The second-order valence-corrected chi connectivity index (χ2v) is 5.64. The molecule has 0 atom stereocenters. The summed E-state index contributed by atoms with van der Waals surface area (Å²) in [5.41, 5.74) is 9.55. The number of hydrogen-bond donors (Lipinski definition) is 2. The van der Waals surface area contributed by atoms with Crippen molar-refractivity contribution >= 4 is 21.8 Å². The van der Waals surface area contributed by atoms with Crippen LogP contribution in [0.4, 0.5) is 0 Å². The molecule has 0 radical (unpaired) electrons. The van der Waals surface area contributed by atoms with Gasteiger partial charge in [0.1, 0.15) is 17.3 Å². The molecule has 3 N–H and O–H groups in total. The van der Waals surface area contributed by atoms with Crippen molar-refractivity contribution in [3.05, 3.63) is 57.1 Å². The molecule has 2 aromatic carbocycles. The molecular formula is C16H17BrN2O. The molecule has 3 nitrogen and oxygen atoms in total. The van der Waals surface area contributed by atoms with E-state index >= 15 is 0 Å². The molecule has 0 aliphatic heterocycles. The first-order valence-electron chi connectivity index (χ1n) is 6.29. The molecule has 0 unspecified atom stereocenters. The van der Waals surface area contributed by atoms with E-state index < -0.39 is 0 Å². The van der Waals surface area contributed by atoms with Crippen molar-refractivity contribution in [3.8, 4) is 11.5 Å². The van der Waals surface area contributed by atoms with Crippen LogP contribution in [0.5, 0.6) is 11.5 Å². The lowest BCUT2D eigenvalue weighted by Gasteiger charge is -2.16. The highest BCUT2D eigenvalue weighted by atomic mass is 79.9. The summed E-state index contributed by atoms with van der Waals surface area (Å²) in [6, 6.07) is 9.64. The molecule has 104 valence electrons. The Balaban J connectivity index is 2.54. The fraction of sp³-hybridized carbons (Fsp3) is 0.188. The first-order valence-corrected chi connectivity index (χ1v) is 7.08. The molecule has 0 spiro atoms. The van der Waals surface area contributed by atoms with E-state index in [1.807, 2.05) is 38.1 Å². The van der Waals surface area contributed by atoms with Gasteiger partial charge in [-0.3, -0.25) is 5.41 Å². The molecule has 2 aromatic rings. The van der Waals surface area contributed by atoms with Crippen LogP contribution < -0.4 is 10.5 Å². The summed E-state index contributed by atoms with van der Waals surface area (Å²) < 4.78 is 6.80. The Bertz CT molecular complexity index is 680. The Labute approximate surface area is 127 Å². The van der Waals surface area contributed by atoms with Crippen LogP contribution in [-0.2, 0) is 0 Å². The SMILES string of the molecule is Cc1ccc(C)c(Oc2cccc(Br)c2C(=N)N)c1C. The molecule has 0 aromatic heterocycles. The highest BCUT2D eigenvalue weighted by molar-refractivity contribution is 9.10. The number of benzene rings is 2. The first-order chi connectivity index (χ1) is 9.41. The van der Waals surface area contributed by atoms with E-state index in [1.165, 1.54) is 5.56 Å². The summed E-state index contributed by atoms with van der Waals surface area (Å²) in [7, 11) is 0. The average molecular weight is 333 g/mol. The lowest BCUT2D eigenvalue weighted by molar-refractivity contribution is 0.473. The first kappa shape index (κ1) is 14.6. The maximum Gasteiger partial charge on any atom is 0.139 e. The van der Waals surface area contributed by atoms with Crippen molar-refractivity contribution in [1.29, 1.82) is 5.41 Å². The minimum Gasteiger partial charge on any atom is -0.456 e. The largest absolute Gasteiger partial charge is 0.456 e. The lowest BCUT2D eigenvalue weighted by Crippen LogP contribution is -2.13. The molecule has 0 amide bonds. The van der Waals surface area contributed by atoms with Crippen molar-refractivity contribution in [2.45, 2.75) is 20.8 Å². The van der Waals surface area contributed by atoms with Crippen LogP contribution in [0.15, 0.2) is 34.8 Å². The summed E-state index contributed by atoms with van der Waals surface area (Å²) in [5.74, 6) is 1.39. The number of nitrogen functional groups attached to an aromatic ring is 1. The zero-order valence-corrected chi connectivity index (χ0v) is 13.3. The highest BCUT2D eigenvalue weighted by Crippen LogP contribution is 2.34. The quantitative estimate of drug-likeness (QED) is 0.644. The normalized spacial score (nSPS) is 10.4. The maximum atomic E-state index is 7.70. The zero-order chi connectivity index (χ0) is 14.9. The minimum absolute atomic E-state index is 0.0181. The van der Waals surface area contributed by atoms with Crippen molar-refractivity contribution < 1.29 is 4.74 Å². The molecule has 0 aliphatic carbocycles. The molecule has 2 rings (SSSR count). The Morgan fingerprint density at radius 2 is 1.75 bits per heavy atom.